The number of nitrogens with zero attached hydrogens (tertiary/aromatic N) is 1. The summed E-state index contributed by atoms with van der Waals surface area (Å²) < 4.78 is 24.3. The number of carbonyl (C=O) groups is 2. The Balaban J connectivity index is 1.82. The standard InChI is InChI=1S/C19H18FN3O4/c1-26-15-8-7-11(9-16(15)27-2)18(25)23-19-21-14(10-17(24)22-19)12-5-3-4-6-13(12)20/h3-9,14H,10H2,1-2H3,(H2,21,22,23,24,25). The Hall–Kier alpha value is -3.42. The molecule has 140 valence electrons. The Bertz CT molecular complexity index is 914. The van der Waals surface area contributed by atoms with E-state index in [0.29, 0.717) is 17.1 Å². The summed E-state index contributed by atoms with van der Waals surface area (Å²) in [4.78, 5) is 28.7. The molecule has 0 saturated carbocycles. The largest absolute Gasteiger partial charge is 0.493 e. The van der Waals surface area contributed by atoms with Gasteiger partial charge in [-0.2, -0.15) is 0 Å². The molecule has 0 aliphatic carbocycles. The number of halogens is 1. The minimum atomic E-state index is -0.708. The predicted octanol–water partition coefficient (Wildman–Crippen LogP) is 2.19. The van der Waals surface area contributed by atoms with E-state index in [2.05, 4.69) is 15.6 Å². The van der Waals surface area contributed by atoms with Crippen molar-refractivity contribution in [1.82, 2.24) is 10.6 Å². The van der Waals surface area contributed by atoms with Crippen LogP contribution in [0.4, 0.5) is 4.39 Å². The lowest BCUT2D eigenvalue weighted by atomic mass is 10.0. The summed E-state index contributed by atoms with van der Waals surface area (Å²) in [6.45, 7) is 0. The highest BCUT2D eigenvalue weighted by Gasteiger charge is 2.25. The molecule has 3 rings (SSSR count). The van der Waals surface area contributed by atoms with Crippen molar-refractivity contribution in [1.29, 1.82) is 0 Å². The fourth-order valence-corrected chi connectivity index (χ4v) is 2.74. The van der Waals surface area contributed by atoms with E-state index in [1.807, 2.05) is 0 Å². The van der Waals surface area contributed by atoms with Crippen LogP contribution in [0.2, 0.25) is 0 Å². The molecule has 2 N–H and O–H groups in total. The molecule has 1 heterocycles. The normalized spacial score (nSPS) is 16.2. The molecule has 2 aromatic carbocycles. The van der Waals surface area contributed by atoms with Crippen LogP contribution in [0.15, 0.2) is 47.5 Å². The molecular formula is C19H18FN3O4. The van der Waals surface area contributed by atoms with Gasteiger partial charge in [-0.15, -0.1) is 0 Å². The van der Waals surface area contributed by atoms with Crippen molar-refractivity contribution in [3.63, 3.8) is 0 Å². The lowest BCUT2D eigenvalue weighted by Crippen LogP contribution is -2.47. The second-order valence-electron chi connectivity index (χ2n) is 5.79. The number of ether oxygens (including phenoxy) is 2. The molecule has 1 aliphatic heterocycles. The van der Waals surface area contributed by atoms with Gasteiger partial charge in [-0.05, 0) is 24.3 Å². The molecule has 8 heteroatoms. The van der Waals surface area contributed by atoms with E-state index in [0.717, 1.165) is 0 Å². The van der Waals surface area contributed by atoms with E-state index in [1.54, 1.807) is 30.3 Å². The maximum atomic E-state index is 14.0. The summed E-state index contributed by atoms with van der Waals surface area (Å²) in [5.41, 5.74) is 0.586. The zero-order valence-electron chi connectivity index (χ0n) is 14.8. The third-order valence-electron chi connectivity index (χ3n) is 4.06. The van der Waals surface area contributed by atoms with Crippen LogP contribution in [0.1, 0.15) is 28.4 Å². The van der Waals surface area contributed by atoms with Crippen LogP contribution in [0, 0.1) is 5.82 Å². The average molecular weight is 371 g/mol. The molecule has 0 fully saturated rings. The van der Waals surface area contributed by atoms with Crippen molar-refractivity contribution < 1.29 is 23.5 Å². The van der Waals surface area contributed by atoms with Crippen LogP contribution < -0.4 is 20.1 Å². The Kier molecular flexibility index (Phi) is 5.35. The average Bonchev–Trinajstić information content (AvgIpc) is 2.67. The summed E-state index contributed by atoms with van der Waals surface area (Å²) in [5.74, 6) is -0.461. The van der Waals surface area contributed by atoms with Crippen molar-refractivity contribution >= 4 is 17.8 Å². The number of hydrogen-bond donors (Lipinski definition) is 2. The quantitative estimate of drug-likeness (QED) is 0.862. The number of methoxy groups -OCH3 is 2. The van der Waals surface area contributed by atoms with Crippen LogP contribution in [0.25, 0.3) is 0 Å². The molecule has 0 saturated heterocycles. The Labute approximate surface area is 155 Å². The fraction of sp³-hybridized carbons (Fsp3) is 0.211. The van der Waals surface area contributed by atoms with E-state index in [1.165, 1.54) is 26.4 Å². The van der Waals surface area contributed by atoms with Crippen molar-refractivity contribution in [2.24, 2.45) is 4.99 Å². The van der Waals surface area contributed by atoms with Crippen molar-refractivity contribution in [3.05, 3.63) is 59.4 Å². The Morgan fingerprint density at radius 1 is 1.19 bits per heavy atom. The van der Waals surface area contributed by atoms with Gasteiger partial charge in [0.25, 0.3) is 5.91 Å². The number of aliphatic imine (C=N–C) groups is 1. The first kappa shape index (κ1) is 18.4. The number of carbonyl (C=O) groups excluding carboxylic acids is 2. The third kappa shape index (κ3) is 4.05. The van der Waals surface area contributed by atoms with Crippen molar-refractivity contribution in [2.75, 3.05) is 14.2 Å². The second-order valence-corrected chi connectivity index (χ2v) is 5.79. The second kappa shape index (κ2) is 7.86. The molecule has 0 bridgehead atoms. The third-order valence-corrected chi connectivity index (χ3v) is 4.06. The Morgan fingerprint density at radius 3 is 2.63 bits per heavy atom. The van der Waals surface area contributed by atoms with Crippen LogP contribution in [-0.2, 0) is 4.79 Å². The van der Waals surface area contributed by atoms with E-state index in [9.17, 15) is 14.0 Å². The molecule has 1 atom stereocenters. The lowest BCUT2D eigenvalue weighted by molar-refractivity contribution is -0.120. The van der Waals surface area contributed by atoms with Gasteiger partial charge in [0.2, 0.25) is 11.9 Å². The topological polar surface area (TPSA) is 89.0 Å². The van der Waals surface area contributed by atoms with E-state index in [4.69, 9.17) is 9.47 Å². The molecule has 0 radical (unpaired) electrons. The van der Waals surface area contributed by atoms with Gasteiger partial charge in [0.1, 0.15) is 5.82 Å². The first-order valence-electron chi connectivity index (χ1n) is 8.17. The van der Waals surface area contributed by atoms with Crippen LogP contribution in [-0.4, -0.2) is 32.0 Å². The summed E-state index contributed by atoms with van der Waals surface area (Å²) >= 11 is 0. The van der Waals surface area contributed by atoms with Gasteiger partial charge >= 0.3 is 0 Å². The minimum Gasteiger partial charge on any atom is -0.493 e. The molecule has 1 aliphatic rings. The first-order chi connectivity index (χ1) is 13.0. The van der Waals surface area contributed by atoms with Gasteiger partial charge in [0, 0.05) is 11.1 Å². The van der Waals surface area contributed by atoms with Crippen molar-refractivity contribution in [2.45, 2.75) is 12.5 Å². The number of amides is 2. The highest BCUT2D eigenvalue weighted by Crippen LogP contribution is 2.28. The summed E-state index contributed by atoms with van der Waals surface area (Å²) in [6, 6.07) is 10.0. The highest BCUT2D eigenvalue weighted by atomic mass is 19.1. The molecule has 2 aromatic rings. The number of hydrogen-bond acceptors (Lipinski definition) is 5. The lowest BCUT2D eigenvalue weighted by Gasteiger charge is -2.21. The van der Waals surface area contributed by atoms with Gasteiger partial charge in [-0.1, -0.05) is 18.2 Å². The molecule has 0 spiro atoms. The Morgan fingerprint density at radius 2 is 1.93 bits per heavy atom. The molecule has 7 nitrogen and oxygen atoms in total. The zero-order chi connectivity index (χ0) is 19.4. The fourth-order valence-electron chi connectivity index (χ4n) is 2.74. The number of rotatable bonds is 4. The number of benzene rings is 2. The SMILES string of the molecule is COc1ccc(C(=O)NC2=NC(c3ccccc3F)CC(=O)N2)cc1OC. The van der Waals surface area contributed by atoms with Crippen LogP contribution in [0.3, 0.4) is 0 Å². The molecule has 27 heavy (non-hydrogen) atoms. The summed E-state index contributed by atoms with van der Waals surface area (Å²) in [5, 5.41) is 5.02. The van der Waals surface area contributed by atoms with Gasteiger partial charge in [0.05, 0.1) is 26.7 Å². The molecule has 1 unspecified atom stereocenters. The van der Waals surface area contributed by atoms with Gasteiger partial charge < -0.3 is 9.47 Å². The maximum absolute atomic E-state index is 14.0. The summed E-state index contributed by atoms with van der Waals surface area (Å²) in [6.07, 6.45) is -0.00331. The molecule has 2 amide bonds. The van der Waals surface area contributed by atoms with Crippen molar-refractivity contribution in [3.8, 4) is 11.5 Å². The summed E-state index contributed by atoms with van der Waals surface area (Å²) in [7, 11) is 2.96. The minimum absolute atomic E-state index is 0.00331. The monoisotopic (exact) mass is 371 g/mol. The maximum Gasteiger partial charge on any atom is 0.258 e. The van der Waals surface area contributed by atoms with Crippen LogP contribution in [0.5, 0.6) is 11.5 Å². The number of nitrogens with one attached hydrogen (secondary N) is 2. The van der Waals surface area contributed by atoms with Gasteiger partial charge in [0.15, 0.2) is 11.5 Å². The first-order valence-corrected chi connectivity index (χ1v) is 8.17. The van der Waals surface area contributed by atoms with E-state index >= 15 is 0 Å². The van der Waals surface area contributed by atoms with E-state index in [-0.39, 0.29) is 23.9 Å². The predicted molar refractivity (Wildman–Crippen MR) is 96.3 cm³/mol. The smallest absolute Gasteiger partial charge is 0.258 e. The zero-order valence-corrected chi connectivity index (χ0v) is 14.8. The van der Waals surface area contributed by atoms with Gasteiger partial charge in [-0.25, -0.2) is 9.38 Å². The molecular weight excluding hydrogens is 353 g/mol. The van der Waals surface area contributed by atoms with Crippen LogP contribution >= 0.6 is 0 Å². The number of guanidine groups is 1. The van der Waals surface area contributed by atoms with E-state index < -0.39 is 17.8 Å². The molecule has 0 aromatic heterocycles. The highest BCUT2D eigenvalue weighted by molar-refractivity contribution is 6.10. The van der Waals surface area contributed by atoms with Gasteiger partial charge in [-0.3, -0.25) is 20.2 Å².